The Hall–Kier alpha value is -2.68. The van der Waals surface area contributed by atoms with Gasteiger partial charge in [-0.2, -0.15) is 4.31 Å². The van der Waals surface area contributed by atoms with E-state index in [1.165, 1.54) is 4.31 Å². The highest BCUT2D eigenvalue weighted by molar-refractivity contribution is 7.89. The highest BCUT2D eigenvalue weighted by Gasteiger charge is 2.30. The largest absolute Gasteiger partial charge is 0.497 e. The normalized spacial score (nSPS) is 15.0. The van der Waals surface area contributed by atoms with Crippen molar-refractivity contribution in [2.75, 3.05) is 38.2 Å². The SMILES string of the molecule is COc1ccc(S(=O)(=O)N2CCN(c3nc(C)nc(C)c3Cc3ccc(Cl)cc3)CC2)cc1. The van der Waals surface area contributed by atoms with E-state index in [4.69, 9.17) is 21.3 Å². The van der Waals surface area contributed by atoms with Crippen LogP contribution in [0.4, 0.5) is 5.82 Å². The molecule has 1 fully saturated rings. The molecule has 0 spiro atoms. The zero-order chi connectivity index (χ0) is 23.6. The van der Waals surface area contributed by atoms with E-state index in [1.54, 1.807) is 31.4 Å². The van der Waals surface area contributed by atoms with Crippen molar-refractivity contribution in [1.82, 2.24) is 14.3 Å². The summed E-state index contributed by atoms with van der Waals surface area (Å²) in [4.78, 5) is 11.7. The van der Waals surface area contributed by atoms with Gasteiger partial charge in [0.15, 0.2) is 0 Å². The maximum atomic E-state index is 13.1. The van der Waals surface area contributed by atoms with Crippen LogP contribution in [0.5, 0.6) is 5.75 Å². The fourth-order valence-electron chi connectivity index (χ4n) is 4.03. The zero-order valence-electron chi connectivity index (χ0n) is 19.0. The number of rotatable bonds is 6. The number of methoxy groups -OCH3 is 1. The van der Waals surface area contributed by atoms with Gasteiger partial charge in [0.1, 0.15) is 17.4 Å². The van der Waals surface area contributed by atoms with Crippen molar-refractivity contribution in [3.8, 4) is 5.75 Å². The Bertz CT molecular complexity index is 1220. The third-order valence-electron chi connectivity index (χ3n) is 5.83. The fourth-order valence-corrected chi connectivity index (χ4v) is 5.58. The molecule has 1 aliphatic rings. The molecule has 2 heterocycles. The first-order valence-electron chi connectivity index (χ1n) is 10.8. The van der Waals surface area contributed by atoms with Crippen molar-refractivity contribution in [1.29, 1.82) is 0 Å². The molecule has 174 valence electrons. The number of ether oxygens (including phenoxy) is 1. The molecule has 3 aromatic rings. The smallest absolute Gasteiger partial charge is 0.243 e. The van der Waals surface area contributed by atoms with Gasteiger partial charge in [-0.25, -0.2) is 18.4 Å². The molecule has 4 rings (SSSR count). The maximum absolute atomic E-state index is 13.1. The van der Waals surface area contributed by atoms with Crippen LogP contribution in [0.3, 0.4) is 0 Å². The molecule has 1 aromatic heterocycles. The van der Waals surface area contributed by atoms with E-state index in [0.29, 0.717) is 49.2 Å². The predicted molar refractivity (Wildman–Crippen MR) is 130 cm³/mol. The van der Waals surface area contributed by atoms with Crippen molar-refractivity contribution < 1.29 is 13.2 Å². The van der Waals surface area contributed by atoms with Crippen molar-refractivity contribution in [3.05, 3.63) is 76.2 Å². The lowest BCUT2D eigenvalue weighted by Gasteiger charge is -2.36. The van der Waals surface area contributed by atoms with E-state index in [-0.39, 0.29) is 4.90 Å². The number of benzene rings is 2. The van der Waals surface area contributed by atoms with Gasteiger partial charge < -0.3 is 9.64 Å². The van der Waals surface area contributed by atoms with Gasteiger partial charge in [-0.3, -0.25) is 0 Å². The Morgan fingerprint density at radius 1 is 0.939 bits per heavy atom. The van der Waals surface area contributed by atoms with Gasteiger partial charge in [0.05, 0.1) is 12.0 Å². The molecule has 0 amide bonds. The summed E-state index contributed by atoms with van der Waals surface area (Å²) in [6.07, 6.45) is 0.684. The van der Waals surface area contributed by atoms with Crippen LogP contribution < -0.4 is 9.64 Å². The molecule has 0 bridgehead atoms. The van der Waals surface area contributed by atoms with E-state index in [0.717, 1.165) is 22.6 Å². The van der Waals surface area contributed by atoms with Crippen LogP contribution >= 0.6 is 11.6 Å². The van der Waals surface area contributed by atoms with Crippen molar-refractivity contribution >= 4 is 27.4 Å². The first-order valence-corrected chi connectivity index (χ1v) is 12.6. The minimum absolute atomic E-state index is 0.272. The van der Waals surface area contributed by atoms with Crippen molar-refractivity contribution in [3.63, 3.8) is 0 Å². The number of sulfonamides is 1. The Balaban J connectivity index is 1.54. The molecule has 1 aliphatic heterocycles. The third-order valence-corrected chi connectivity index (χ3v) is 8.00. The highest BCUT2D eigenvalue weighted by atomic mass is 35.5. The zero-order valence-corrected chi connectivity index (χ0v) is 20.5. The minimum Gasteiger partial charge on any atom is -0.497 e. The lowest BCUT2D eigenvalue weighted by atomic mass is 10.0. The van der Waals surface area contributed by atoms with Gasteiger partial charge in [-0.1, -0.05) is 23.7 Å². The molecule has 0 unspecified atom stereocenters. The van der Waals surface area contributed by atoms with Crippen LogP contribution in [-0.2, 0) is 16.4 Å². The van der Waals surface area contributed by atoms with Gasteiger partial charge in [0, 0.05) is 48.9 Å². The lowest BCUT2D eigenvalue weighted by molar-refractivity contribution is 0.383. The summed E-state index contributed by atoms with van der Waals surface area (Å²) in [5.74, 6) is 2.20. The van der Waals surface area contributed by atoms with Gasteiger partial charge in [-0.15, -0.1) is 0 Å². The van der Waals surface area contributed by atoms with Crippen molar-refractivity contribution in [2.24, 2.45) is 0 Å². The van der Waals surface area contributed by atoms with Crippen LogP contribution in [0.2, 0.25) is 5.02 Å². The van der Waals surface area contributed by atoms with Crippen molar-refractivity contribution in [2.45, 2.75) is 25.2 Å². The molecule has 1 saturated heterocycles. The summed E-state index contributed by atoms with van der Waals surface area (Å²) in [5.41, 5.74) is 3.10. The molecule has 0 radical (unpaired) electrons. The van der Waals surface area contributed by atoms with Crippen LogP contribution in [0.25, 0.3) is 0 Å². The highest BCUT2D eigenvalue weighted by Crippen LogP contribution is 2.27. The van der Waals surface area contributed by atoms with Gasteiger partial charge in [0.2, 0.25) is 10.0 Å². The molecule has 0 atom stereocenters. The average Bonchev–Trinajstić information content (AvgIpc) is 2.82. The Morgan fingerprint density at radius 2 is 1.58 bits per heavy atom. The number of aromatic nitrogens is 2. The summed E-state index contributed by atoms with van der Waals surface area (Å²) in [6.45, 7) is 5.76. The van der Waals surface area contributed by atoms with Crippen LogP contribution in [0.15, 0.2) is 53.4 Å². The number of halogens is 1. The standard InChI is InChI=1S/C24H27ClN4O3S/c1-17-23(16-19-4-6-20(25)7-5-19)24(27-18(2)26-17)28-12-14-29(15-13-28)33(30,31)22-10-8-21(32-3)9-11-22/h4-11H,12-16H2,1-3H3. The van der Waals surface area contributed by atoms with Crippen LogP contribution in [0, 0.1) is 13.8 Å². The van der Waals surface area contributed by atoms with E-state index < -0.39 is 10.0 Å². The summed E-state index contributed by atoms with van der Waals surface area (Å²) < 4.78 is 32.9. The number of piperazine rings is 1. The minimum atomic E-state index is -3.57. The van der Waals surface area contributed by atoms with E-state index in [2.05, 4.69) is 9.88 Å². The average molecular weight is 487 g/mol. The molecule has 0 saturated carbocycles. The Kier molecular flexibility index (Phi) is 6.88. The van der Waals surface area contributed by atoms with E-state index in [9.17, 15) is 8.42 Å². The molecule has 0 aliphatic carbocycles. The number of hydrogen-bond donors (Lipinski definition) is 0. The molecule has 0 N–H and O–H groups in total. The summed E-state index contributed by atoms with van der Waals surface area (Å²) in [5, 5.41) is 0.699. The second kappa shape index (κ2) is 9.67. The third kappa shape index (κ3) is 5.13. The quantitative estimate of drug-likeness (QED) is 0.526. The molecular weight excluding hydrogens is 460 g/mol. The topological polar surface area (TPSA) is 75.6 Å². The summed E-state index contributed by atoms with van der Waals surface area (Å²) >= 11 is 6.04. The number of hydrogen-bond acceptors (Lipinski definition) is 6. The number of anilines is 1. The molecule has 33 heavy (non-hydrogen) atoms. The van der Waals surface area contributed by atoms with E-state index in [1.807, 2.05) is 38.1 Å². The monoisotopic (exact) mass is 486 g/mol. The predicted octanol–water partition coefficient (Wildman–Crippen LogP) is 3.86. The number of aryl methyl sites for hydroxylation is 2. The first-order chi connectivity index (χ1) is 15.8. The second-order valence-corrected chi connectivity index (χ2v) is 10.4. The second-order valence-electron chi connectivity index (χ2n) is 8.03. The first kappa shape index (κ1) is 23.5. The Labute approximate surface area is 200 Å². The fraction of sp³-hybridized carbons (Fsp3) is 0.333. The van der Waals surface area contributed by atoms with Crippen LogP contribution in [-0.4, -0.2) is 56.0 Å². The molecule has 7 nitrogen and oxygen atoms in total. The van der Waals surface area contributed by atoms with Gasteiger partial charge in [-0.05, 0) is 55.8 Å². The molecular formula is C24H27ClN4O3S. The number of nitrogens with zero attached hydrogens (tertiary/aromatic N) is 4. The lowest BCUT2D eigenvalue weighted by Crippen LogP contribution is -2.49. The van der Waals surface area contributed by atoms with Gasteiger partial charge in [0.25, 0.3) is 0 Å². The summed E-state index contributed by atoms with van der Waals surface area (Å²) in [6, 6.07) is 14.3. The maximum Gasteiger partial charge on any atom is 0.243 e. The molecule has 9 heteroatoms. The summed E-state index contributed by atoms with van der Waals surface area (Å²) in [7, 11) is -2.01. The van der Waals surface area contributed by atoms with Gasteiger partial charge >= 0.3 is 0 Å². The van der Waals surface area contributed by atoms with E-state index >= 15 is 0 Å². The van der Waals surface area contributed by atoms with Crippen LogP contribution in [0.1, 0.15) is 22.6 Å². The molecule has 2 aromatic carbocycles. The Morgan fingerprint density at radius 3 is 2.18 bits per heavy atom.